The van der Waals surface area contributed by atoms with Crippen LogP contribution in [-0.4, -0.2) is 28.0 Å². The number of anilines is 1. The lowest BCUT2D eigenvalue weighted by atomic mass is 9.91. The second-order valence-electron chi connectivity index (χ2n) is 4.47. The van der Waals surface area contributed by atoms with E-state index in [1.807, 2.05) is 0 Å². The Hall–Kier alpha value is -1.65. The quantitative estimate of drug-likeness (QED) is 0.828. The van der Waals surface area contributed by atoms with Crippen molar-refractivity contribution in [2.24, 2.45) is 0 Å². The molecule has 1 aliphatic carbocycles. The van der Waals surface area contributed by atoms with Gasteiger partial charge >= 0.3 is 0 Å². The van der Waals surface area contributed by atoms with Crippen molar-refractivity contribution >= 4 is 11.9 Å². The van der Waals surface area contributed by atoms with Crippen molar-refractivity contribution in [3.8, 4) is 0 Å². The highest BCUT2D eigenvalue weighted by Gasteiger charge is 2.21. The number of hydrogen-bond donors (Lipinski definition) is 2. The summed E-state index contributed by atoms with van der Waals surface area (Å²) in [4.78, 5) is 19.2. The Morgan fingerprint density at radius 1 is 1.18 bits per heavy atom. The smallest absolute Gasteiger partial charge is 0.222 e. The lowest BCUT2D eigenvalue weighted by Gasteiger charge is -2.29. The normalized spacial score (nSPS) is 24.1. The van der Waals surface area contributed by atoms with E-state index in [1.54, 1.807) is 25.4 Å². The van der Waals surface area contributed by atoms with E-state index < -0.39 is 0 Å². The predicted octanol–water partition coefficient (Wildman–Crippen LogP) is 1.34. The average molecular weight is 234 g/mol. The third kappa shape index (κ3) is 3.69. The largest absolute Gasteiger partial charge is 0.354 e. The van der Waals surface area contributed by atoms with E-state index in [0.29, 0.717) is 18.0 Å². The van der Waals surface area contributed by atoms with Gasteiger partial charge in [0.1, 0.15) is 0 Å². The number of amides is 1. The minimum atomic E-state index is 0.0628. The molecule has 1 saturated carbocycles. The summed E-state index contributed by atoms with van der Waals surface area (Å²) >= 11 is 0. The maximum absolute atomic E-state index is 10.9. The van der Waals surface area contributed by atoms with E-state index in [2.05, 4.69) is 20.6 Å². The molecule has 1 heterocycles. The molecule has 0 radical (unpaired) electrons. The summed E-state index contributed by atoms with van der Waals surface area (Å²) < 4.78 is 0. The van der Waals surface area contributed by atoms with Gasteiger partial charge in [-0.1, -0.05) is 0 Å². The van der Waals surface area contributed by atoms with Crippen LogP contribution in [0.2, 0.25) is 0 Å². The number of aromatic nitrogens is 2. The first-order valence-electron chi connectivity index (χ1n) is 6.04. The van der Waals surface area contributed by atoms with Crippen molar-refractivity contribution in [3.05, 3.63) is 18.5 Å². The van der Waals surface area contributed by atoms with Crippen LogP contribution >= 0.6 is 0 Å². The molecule has 0 aliphatic heterocycles. The highest BCUT2D eigenvalue weighted by molar-refractivity contribution is 5.73. The Morgan fingerprint density at radius 3 is 2.35 bits per heavy atom. The fraction of sp³-hybridized carbons (Fsp3) is 0.583. The summed E-state index contributed by atoms with van der Waals surface area (Å²) in [5.41, 5.74) is 0. The Bertz CT molecular complexity index is 360. The molecule has 0 unspecified atom stereocenters. The molecule has 92 valence electrons. The summed E-state index contributed by atoms with van der Waals surface area (Å²) in [6, 6.07) is 2.56. The molecule has 1 aromatic heterocycles. The van der Waals surface area contributed by atoms with Crippen LogP contribution in [0.15, 0.2) is 18.5 Å². The molecule has 2 N–H and O–H groups in total. The number of carbonyl (C=O) groups excluding carboxylic acids is 1. The molecule has 5 heteroatoms. The van der Waals surface area contributed by atoms with Crippen LogP contribution in [0.25, 0.3) is 0 Å². The van der Waals surface area contributed by atoms with Gasteiger partial charge in [-0.3, -0.25) is 4.79 Å². The monoisotopic (exact) mass is 234 g/mol. The number of rotatable bonds is 3. The molecule has 0 spiro atoms. The van der Waals surface area contributed by atoms with Crippen LogP contribution < -0.4 is 10.6 Å². The van der Waals surface area contributed by atoms with Crippen molar-refractivity contribution in [1.29, 1.82) is 0 Å². The molecule has 1 fully saturated rings. The van der Waals surface area contributed by atoms with E-state index >= 15 is 0 Å². The van der Waals surface area contributed by atoms with E-state index in [1.165, 1.54) is 0 Å². The fourth-order valence-electron chi connectivity index (χ4n) is 2.23. The average Bonchev–Trinajstić information content (AvgIpc) is 2.32. The summed E-state index contributed by atoms with van der Waals surface area (Å²) in [5, 5.41) is 6.29. The van der Waals surface area contributed by atoms with Crippen molar-refractivity contribution < 1.29 is 4.79 Å². The first kappa shape index (κ1) is 11.8. The number of carbonyl (C=O) groups is 1. The molecule has 0 aromatic carbocycles. The zero-order valence-electron chi connectivity index (χ0n) is 10.0. The Labute approximate surface area is 101 Å². The van der Waals surface area contributed by atoms with Gasteiger partial charge in [-0.15, -0.1) is 0 Å². The minimum absolute atomic E-state index is 0.0628. The topological polar surface area (TPSA) is 66.9 Å². The molecule has 0 saturated heterocycles. The van der Waals surface area contributed by atoms with Crippen LogP contribution in [0.4, 0.5) is 5.95 Å². The van der Waals surface area contributed by atoms with Crippen LogP contribution in [0.5, 0.6) is 0 Å². The lowest BCUT2D eigenvalue weighted by Crippen LogP contribution is -2.39. The van der Waals surface area contributed by atoms with Crippen LogP contribution in [0, 0.1) is 0 Å². The van der Waals surface area contributed by atoms with E-state index in [0.717, 1.165) is 25.7 Å². The van der Waals surface area contributed by atoms with Crippen molar-refractivity contribution in [2.75, 3.05) is 5.32 Å². The minimum Gasteiger partial charge on any atom is -0.354 e. The molecule has 5 nitrogen and oxygen atoms in total. The van der Waals surface area contributed by atoms with Gasteiger partial charge < -0.3 is 10.6 Å². The van der Waals surface area contributed by atoms with Gasteiger partial charge in [0.05, 0.1) is 0 Å². The standard InChI is InChI=1S/C12H18N4O/c1-9(17)15-10-3-5-11(6-4-10)16-12-13-7-2-8-14-12/h2,7-8,10-11H,3-6H2,1H3,(H,15,17)(H,13,14,16). The van der Waals surface area contributed by atoms with Gasteiger partial charge in [0.2, 0.25) is 11.9 Å². The Balaban J connectivity index is 1.78. The van der Waals surface area contributed by atoms with Crippen LogP contribution in [0.3, 0.4) is 0 Å². The van der Waals surface area contributed by atoms with E-state index in [-0.39, 0.29) is 5.91 Å². The van der Waals surface area contributed by atoms with Crippen LogP contribution in [-0.2, 0) is 4.79 Å². The number of nitrogens with one attached hydrogen (secondary N) is 2. The first-order valence-corrected chi connectivity index (χ1v) is 6.04. The lowest BCUT2D eigenvalue weighted by molar-refractivity contribution is -0.119. The summed E-state index contributed by atoms with van der Waals surface area (Å²) in [6.07, 6.45) is 7.59. The molecule has 1 aliphatic rings. The third-order valence-corrected chi connectivity index (χ3v) is 3.03. The predicted molar refractivity (Wildman–Crippen MR) is 65.5 cm³/mol. The highest BCUT2D eigenvalue weighted by Crippen LogP contribution is 2.20. The second kappa shape index (κ2) is 5.61. The number of nitrogens with zero attached hydrogens (tertiary/aromatic N) is 2. The van der Waals surface area contributed by atoms with Gasteiger partial charge in [0, 0.05) is 31.4 Å². The number of hydrogen-bond acceptors (Lipinski definition) is 4. The van der Waals surface area contributed by atoms with E-state index in [4.69, 9.17) is 0 Å². The van der Waals surface area contributed by atoms with Crippen molar-refractivity contribution in [3.63, 3.8) is 0 Å². The molecule has 17 heavy (non-hydrogen) atoms. The molecule has 2 rings (SSSR count). The van der Waals surface area contributed by atoms with Gasteiger partial charge in [-0.25, -0.2) is 9.97 Å². The van der Waals surface area contributed by atoms with Crippen LogP contribution in [0.1, 0.15) is 32.6 Å². The molecule has 0 bridgehead atoms. The highest BCUT2D eigenvalue weighted by atomic mass is 16.1. The van der Waals surface area contributed by atoms with Crippen molar-refractivity contribution in [1.82, 2.24) is 15.3 Å². The molecular formula is C12H18N4O. The maximum atomic E-state index is 10.9. The molecule has 0 atom stereocenters. The first-order chi connectivity index (χ1) is 8.24. The SMILES string of the molecule is CC(=O)NC1CCC(Nc2ncccn2)CC1. The molecular weight excluding hydrogens is 216 g/mol. The summed E-state index contributed by atoms with van der Waals surface area (Å²) in [6.45, 7) is 1.57. The molecule has 1 aromatic rings. The summed E-state index contributed by atoms with van der Waals surface area (Å²) in [5.74, 6) is 0.753. The maximum Gasteiger partial charge on any atom is 0.222 e. The zero-order chi connectivity index (χ0) is 12.1. The second-order valence-corrected chi connectivity index (χ2v) is 4.47. The van der Waals surface area contributed by atoms with Gasteiger partial charge in [-0.2, -0.15) is 0 Å². The fourth-order valence-corrected chi connectivity index (χ4v) is 2.23. The van der Waals surface area contributed by atoms with E-state index in [9.17, 15) is 4.79 Å². The van der Waals surface area contributed by atoms with Crippen molar-refractivity contribution in [2.45, 2.75) is 44.7 Å². The zero-order valence-corrected chi connectivity index (χ0v) is 10.0. The Kier molecular flexibility index (Phi) is 3.90. The summed E-state index contributed by atoms with van der Waals surface area (Å²) in [7, 11) is 0. The van der Waals surface area contributed by atoms with Gasteiger partial charge in [-0.05, 0) is 31.7 Å². The third-order valence-electron chi connectivity index (χ3n) is 3.03. The molecule has 1 amide bonds. The van der Waals surface area contributed by atoms with Gasteiger partial charge in [0.15, 0.2) is 0 Å². The Morgan fingerprint density at radius 2 is 1.76 bits per heavy atom. The van der Waals surface area contributed by atoms with Gasteiger partial charge in [0.25, 0.3) is 0 Å².